The summed E-state index contributed by atoms with van der Waals surface area (Å²) >= 11 is 0. The number of carbonyl (C=O) groups is 1. The average Bonchev–Trinajstić information content (AvgIpc) is 3.09. The van der Waals surface area contributed by atoms with Crippen molar-refractivity contribution < 1.29 is 9.53 Å². The van der Waals surface area contributed by atoms with Crippen molar-refractivity contribution in [1.29, 1.82) is 0 Å². The van der Waals surface area contributed by atoms with Crippen LogP contribution in [0.15, 0.2) is 36.5 Å². The Balaban J connectivity index is 1.57. The van der Waals surface area contributed by atoms with Crippen LogP contribution in [0.3, 0.4) is 0 Å². The van der Waals surface area contributed by atoms with Crippen LogP contribution in [0.5, 0.6) is 0 Å². The summed E-state index contributed by atoms with van der Waals surface area (Å²) in [5.74, 6) is 1.35. The highest BCUT2D eigenvalue weighted by Crippen LogP contribution is 2.24. The topological polar surface area (TPSA) is 95.1 Å². The molecule has 1 aromatic carbocycles. The molecule has 0 fully saturated rings. The van der Waals surface area contributed by atoms with Gasteiger partial charge in [-0.1, -0.05) is 30.3 Å². The van der Waals surface area contributed by atoms with Crippen molar-refractivity contribution >= 4 is 22.8 Å². The number of amides is 1. The first kappa shape index (κ1) is 20.8. The third kappa shape index (κ3) is 5.32. The molecular formula is C22H29N5O2. The lowest BCUT2D eigenvalue weighted by Gasteiger charge is -2.11. The number of carbonyl (C=O) groups excluding carboxylic acids is 1. The molecule has 29 heavy (non-hydrogen) atoms. The predicted molar refractivity (Wildman–Crippen MR) is 114 cm³/mol. The fraction of sp³-hybridized carbons (Fsp3) is 0.409. The third-order valence-corrected chi connectivity index (χ3v) is 4.83. The molecule has 3 N–H and O–H groups in total. The van der Waals surface area contributed by atoms with Crippen molar-refractivity contribution in [1.82, 2.24) is 19.9 Å². The number of nitrogens with zero attached hydrogens (tertiary/aromatic N) is 3. The fourth-order valence-corrected chi connectivity index (χ4v) is 3.38. The van der Waals surface area contributed by atoms with Crippen LogP contribution in [-0.4, -0.2) is 33.6 Å². The van der Waals surface area contributed by atoms with E-state index >= 15 is 0 Å². The van der Waals surface area contributed by atoms with Crippen LogP contribution in [0.4, 0.5) is 5.82 Å². The second-order valence-electron chi connectivity index (χ2n) is 7.06. The molecule has 7 nitrogen and oxygen atoms in total. The van der Waals surface area contributed by atoms with Crippen molar-refractivity contribution in [2.45, 2.75) is 46.3 Å². The number of imidazole rings is 1. The highest BCUT2D eigenvalue weighted by molar-refractivity contribution is 5.87. The number of rotatable bonds is 10. The van der Waals surface area contributed by atoms with Crippen molar-refractivity contribution in [3.8, 4) is 0 Å². The molecule has 0 atom stereocenters. The largest absolute Gasteiger partial charge is 0.382 e. The average molecular weight is 396 g/mol. The smallest absolute Gasteiger partial charge is 0.224 e. The van der Waals surface area contributed by atoms with Gasteiger partial charge in [-0.15, -0.1) is 0 Å². The molecule has 3 aromatic rings. The van der Waals surface area contributed by atoms with Crippen LogP contribution >= 0.6 is 0 Å². The highest BCUT2D eigenvalue weighted by Gasteiger charge is 2.15. The number of nitrogens with one attached hydrogen (secondary N) is 1. The lowest BCUT2D eigenvalue weighted by Crippen LogP contribution is -2.26. The molecule has 0 spiro atoms. The van der Waals surface area contributed by atoms with E-state index in [-0.39, 0.29) is 5.91 Å². The summed E-state index contributed by atoms with van der Waals surface area (Å²) in [6.07, 6.45) is 3.99. The summed E-state index contributed by atoms with van der Waals surface area (Å²) < 4.78 is 7.75. The zero-order chi connectivity index (χ0) is 20.6. The standard InChI is InChI=1S/C22H29N5O2/c1-3-29-15-18-26-20-21(16(2)14-25-22(20)23)27(18)12-8-7-11-24-19(28)13-17-9-5-4-6-10-17/h4-6,9-10,14H,3,7-8,11-13,15H2,1-2H3,(H2,23,25)(H,24,28). The van der Waals surface area contributed by atoms with Gasteiger partial charge in [-0.3, -0.25) is 4.79 Å². The summed E-state index contributed by atoms with van der Waals surface area (Å²) in [6.45, 7) is 6.49. The molecule has 1 amide bonds. The van der Waals surface area contributed by atoms with Crippen molar-refractivity contribution in [2.75, 3.05) is 18.9 Å². The van der Waals surface area contributed by atoms with Gasteiger partial charge in [-0.25, -0.2) is 9.97 Å². The number of aryl methyl sites for hydroxylation is 2. The maximum absolute atomic E-state index is 12.1. The minimum Gasteiger partial charge on any atom is -0.382 e. The molecule has 7 heteroatoms. The first-order valence-corrected chi connectivity index (χ1v) is 10.1. The second kappa shape index (κ2) is 10.0. The van der Waals surface area contributed by atoms with Crippen LogP contribution in [0, 0.1) is 6.92 Å². The minimum atomic E-state index is 0.0519. The van der Waals surface area contributed by atoms with E-state index in [0.29, 0.717) is 32.0 Å². The first-order valence-electron chi connectivity index (χ1n) is 10.1. The van der Waals surface area contributed by atoms with E-state index in [1.807, 2.05) is 44.2 Å². The minimum absolute atomic E-state index is 0.0519. The second-order valence-corrected chi connectivity index (χ2v) is 7.06. The Hall–Kier alpha value is -2.93. The number of nitrogens with two attached hydrogens (primary N) is 1. The third-order valence-electron chi connectivity index (χ3n) is 4.83. The summed E-state index contributed by atoms with van der Waals surface area (Å²) in [6, 6.07) is 9.77. The predicted octanol–water partition coefficient (Wildman–Crippen LogP) is 3.00. The Labute approximate surface area is 171 Å². The van der Waals surface area contributed by atoms with Crippen LogP contribution in [0.1, 0.15) is 36.7 Å². The van der Waals surface area contributed by atoms with Crippen molar-refractivity contribution in [2.24, 2.45) is 0 Å². The van der Waals surface area contributed by atoms with E-state index in [4.69, 9.17) is 10.5 Å². The Morgan fingerprint density at radius 1 is 1.24 bits per heavy atom. The van der Waals surface area contributed by atoms with Crippen LogP contribution in [-0.2, 0) is 29.1 Å². The van der Waals surface area contributed by atoms with E-state index in [2.05, 4.69) is 19.9 Å². The summed E-state index contributed by atoms with van der Waals surface area (Å²) in [4.78, 5) is 21.0. The number of hydrogen-bond acceptors (Lipinski definition) is 5. The Morgan fingerprint density at radius 3 is 2.79 bits per heavy atom. The number of fused-ring (bicyclic) bond motifs is 1. The van der Waals surface area contributed by atoms with E-state index in [0.717, 1.165) is 47.4 Å². The SMILES string of the molecule is CCOCc1nc2c(N)ncc(C)c2n1CCCCNC(=O)Cc1ccccc1. The van der Waals surface area contributed by atoms with E-state index < -0.39 is 0 Å². The first-order chi connectivity index (χ1) is 14.1. The van der Waals surface area contributed by atoms with Gasteiger partial charge in [0.1, 0.15) is 17.9 Å². The summed E-state index contributed by atoms with van der Waals surface area (Å²) in [5.41, 5.74) is 9.85. The van der Waals surface area contributed by atoms with Gasteiger partial charge in [0.25, 0.3) is 0 Å². The van der Waals surface area contributed by atoms with E-state index in [1.165, 1.54) is 0 Å². The van der Waals surface area contributed by atoms with Crippen molar-refractivity contribution in [3.05, 3.63) is 53.5 Å². The summed E-state index contributed by atoms with van der Waals surface area (Å²) in [7, 11) is 0. The molecule has 2 heterocycles. The zero-order valence-electron chi connectivity index (χ0n) is 17.1. The Morgan fingerprint density at radius 2 is 2.03 bits per heavy atom. The highest BCUT2D eigenvalue weighted by atomic mass is 16.5. The number of aromatic nitrogens is 3. The number of pyridine rings is 1. The molecule has 2 aromatic heterocycles. The van der Waals surface area contributed by atoms with Crippen LogP contribution in [0.25, 0.3) is 11.0 Å². The quantitative estimate of drug-likeness (QED) is 0.515. The van der Waals surface area contributed by atoms with Gasteiger partial charge >= 0.3 is 0 Å². The molecule has 0 aliphatic heterocycles. The molecule has 0 saturated heterocycles. The number of ether oxygens (including phenoxy) is 1. The molecule has 0 aliphatic carbocycles. The maximum atomic E-state index is 12.1. The van der Waals surface area contributed by atoms with Gasteiger partial charge in [-0.05, 0) is 37.8 Å². The Kier molecular flexibility index (Phi) is 7.19. The van der Waals surface area contributed by atoms with Gasteiger partial charge in [0, 0.05) is 25.9 Å². The molecule has 0 saturated carbocycles. The molecular weight excluding hydrogens is 366 g/mol. The van der Waals surface area contributed by atoms with Gasteiger partial charge in [0.2, 0.25) is 5.91 Å². The molecule has 3 rings (SSSR count). The number of benzene rings is 1. The molecule has 154 valence electrons. The maximum Gasteiger partial charge on any atom is 0.224 e. The summed E-state index contributed by atoms with van der Waals surface area (Å²) in [5, 5.41) is 3.00. The lowest BCUT2D eigenvalue weighted by atomic mass is 10.1. The molecule has 0 radical (unpaired) electrons. The number of unbranched alkanes of at least 4 members (excludes halogenated alkanes) is 1. The van der Waals surface area contributed by atoms with Gasteiger partial charge < -0.3 is 20.4 Å². The van der Waals surface area contributed by atoms with Crippen LogP contribution in [0.2, 0.25) is 0 Å². The van der Waals surface area contributed by atoms with E-state index in [9.17, 15) is 4.79 Å². The lowest BCUT2D eigenvalue weighted by molar-refractivity contribution is -0.120. The number of nitrogen functional groups attached to an aromatic ring is 1. The molecule has 0 aliphatic rings. The van der Waals surface area contributed by atoms with Gasteiger partial charge in [-0.2, -0.15) is 0 Å². The van der Waals surface area contributed by atoms with Gasteiger partial charge in [0.15, 0.2) is 5.82 Å². The van der Waals surface area contributed by atoms with Gasteiger partial charge in [0.05, 0.1) is 11.9 Å². The fourth-order valence-electron chi connectivity index (χ4n) is 3.38. The van der Waals surface area contributed by atoms with E-state index in [1.54, 1.807) is 6.20 Å². The molecule has 0 bridgehead atoms. The molecule has 0 unspecified atom stereocenters. The number of hydrogen-bond donors (Lipinski definition) is 2. The zero-order valence-corrected chi connectivity index (χ0v) is 17.1. The Bertz CT molecular complexity index is 953. The number of anilines is 1. The normalized spacial score (nSPS) is 11.1. The van der Waals surface area contributed by atoms with Crippen LogP contribution < -0.4 is 11.1 Å². The monoisotopic (exact) mass is 395 g/mol. The van der Waals surface area contributed by atoms with Crippen molar-refractivity contribution in [3.63, 3.8) is 0 Å².